The first kappa shape index (κ1) is 19.8. The number of benzene rings is 3. The van der Waals surface area contributed by atoms with Crippen molar-refractivity contribution in [3.05, 3.63) is 114 Å². The van der Waals surface area contributed by atoms with Crippen molar-refractivity contribution in [1.29, 1.82) is 0 Å². The Kier molecular flexibility index (Phi) is 5.54. The lowest BCUT2D eigenvalue weighted by molar-refractivity contribution is -0.113. The Balaban J connectivity index is 1.54. The monoisotopic (exact) mass is 419 g/mol. The summed E-state index contributed by atoms with van der Waals surface area (Å²) in [4.78, 5) is 13.2. The Morgan fingerprint density at radius 3 is 1.94 bits per heavy atom. The average molecular weight is 419 g/mol. The first-order valence-electron chi connectivity index (χ1n) is 10.6. The molecule has 5 rings (SSSR count). The highest BCUT2D eigenvalue weighted by molar-refractivity contribution is 6.46. The summed E-state index contributed by atoms with van der Waals surface area (Å²) in [6.45, 7) is 0. The zero-order chi connectivity index (χ0) is 21.8. The van der Waals surface area contributed by atoms with Gasteiger partial charge >= 0.3 is 0 Å². The van der Waals surface area contributed by atoms with Crippen LogP contribution < -0.4 is 0 Å². The van der Waals surface area contributed by atoms with Crippen LogP contribution >= 0.6 is 0 Å². The van der Waals surface area contributed by atoms with E-state index in [9.17, 15) is 4.79 Å². The number of ketones is 1. The molecule has 1 atom stereocenters. The van der Waals surface area contributed by atoms with Crippen LogP contribution in [0.1, 0.15) is 35.6 Å². The van der Waals surface area contributed by atoms with E-state index in [1.165, 1.54) is 0 Å². The first-order valence-corrected chi connectivity index (χ1v) is 10.6. The van der Waals surface area contributed by atoms with Crippen LogP contribution in [-0.4, -0.2) is 22.4 Å². The van der Waals surface area contributed by atoms with Crippen LogP contribution in [0, 0.1) is 0 Å². The number of carbonyl (C=O) groups is 1. The fourth-order valence-electron chi connectivity index (χ4n) is 3.88. The van der Waals surface area contributed by atoms with Crippen LogP contribution in [0.4, 0.5) is 0 Å². The predicted molar refractivity (Wildman–Crippen MR) is 125 cm³/mol. The first-order chi connectivity index (χ1) is 15.8. The third-order valence-corrected chi connectivity index (χ3v) is 5.56. The van der Waals surface area contributed by atoms with Crippen molar-refractivity contribution in [1.82, 2.24) is 5.16 Å². The summed E-state index contributed by atoms with van der Waals surface area (Å²) >= 11 is 0. The highest BCUT2D eigenvalue weighted by Crippen LogP contribution is 2.31. The maximum atomic E-state index is 13.2. The molecule has 0 saturated heterocycles. The Morgan fingerprint density at radius 2 is 1.28 bits per heavy atom. The number of carbonyl (C=O) groups excluding carboxylic acids is 1. The van der Waals surface area contributed by atoms with Gasteiger partial charge in [-0.2, -0.15) is 5.10 Å². The van der Waals surface area contributed by atoms with Crippen LogP contribution in [0.25, 0.3) is 11.3 Å². The average Bonchev–Trinajstić information content (AvgIpc) is 3.33. The summed E-state index contributed by atoms with van der Waals surface area (Å²) in [5.74, 6) is 0.422. The lowest BCUT2D eigenvalue weighted by Crippen LogP contribution is -2.22. The Bertz CT molecular complexity index is 1280. The second kappa shape index (κ2) is 8.94. The van der Waals surface area contributed by atoms with Gasteiger partial charge in [0.1, 0.15) is 17.2 Å². The van der Waals surface area contributed by atoms with Crippen LogP contribution in [0.15, 0.2) is 112 Å². The molecule has 1 aliphatic rings. The molecule has 0 aliphatic carbocycles. The molecule has 4 aromatic rings. The van der Waals surface area contributed by atoms with Gasteiger partial charge in [-0.1, -0.05) is 96.2 Å². The molecule has 3 aromatic carbocycles. The van der Waals surface area contributed by atoms with E-state index in [-0.39, 0.29) is 18.1 Å². The second-order valence-corrected chi connectivity index (χ2v) is 7.74. The highest BCUT2D eigenvalue weighted by Gasteiger charge is 2.28. The minimum Gasteiger partial charge on any atom is -0.360 e. The van der Waals surface area contributed by atoms with Gasteiger partial charge in [0.25, 0.3) is 0 Å². The zero-order valence-corrected chi connectivity index (χ0v) is 17.4. The molecule has 1 unspecified atom stereocenters. The van der Waals surface area contributed by atoms with Crippen molar-refractivity contribution in [2.75, 3.05) is 0 Å². The minimum absolute atomic E-state index is 0.0604. The van der Waals surface area contributed by atoms with Crippen molar-refractivity contribution in [3.63, 3.8) is 0 Å². The smallest absolute Gasteiger partial charge is 0.184 e. The predicted octanol–water partition coefficient (Wildman–Crippen LogP) is 5.68. The van der Waals surface area contributed by atoms with Gasteiger partial charge in [-0.3, -0.25) is 4.79 Å². The van der Waals surface area contributed by atoms with E-state index in [4.69, 9.17) is 4.52 Å². The van der Waals surface area contributed by atoms with Gasteiger partial charge in [0, 0.05) is 36.0 Å². The third kappa shape index (κ3) is 4.18. The second-order valence-electron chi connectivity index (χ2n) is 7.74. The molecule has 156 valence electrons. The lowest BCUT2D eigenvalue weighted by atomic mass is 9.88. The van der Waals surface area contributed by atoms with Crippen LogP contribution in [0.5, 0.6) is 0 Å². The van der Waals surface area contributed by atoms with Crippen LogP contribution in [0.2, 0.25) is 0 Å². The molecule has 1 aromatic heterocycles. The lowest BCUT2D eigenvalue weighted by Gasteiger charge is -2.17. The van der Waals surface area contributed by atoms with Gasteiger partial charge in [0.15, 0.2) is 5.78 Å². The van der Waals surface area contributed by atoms with E-state index in [2.05, 4.69) is 15.4 Å². The number of aromatic nitrogens is 1. The summed E-state index contributed by atoms with van der Waals surface area (Å²) in [5.41, 5.74) is 4.65. The largest absolute Gasteiger partial charge is 0.360 e. The molecular weight excluding hydrogens is 398 g/mol. The molecule has 0 N–H and O–H groups in total. The molecule has 0 bridgehead atoms. The number of Topliss-reactive ketones (excluding diaryl/α,β-unsaturated/α-hetero) is 1. The van der Waals surface area contributed by atoms with E-state index >= 15 is 0 Å². The normalized spacial score (nSPS) is 19.9. The molecule has 0 saturated carbocycles. The van der Waals surface area contributed by atoms with Crippen LogP contribution in [-0.2, 0) is 4.79 Å². The van der Waals surface area contributed by atoms with E-state index in [0.717, 1.165) is 28.1 Å². The number of nitrogens with zero attached hydrogens (tertiary/aromatic N) is 3. The van der Waals surface area contributed by atoms with Gasteiger partial charge in [0.2, 0.25) is 0 Å². The van der Waals surface area contributed by atoms with Crippen molar-refractivity contribution < 1.29 is 9.32 Å². The van der Waals surface area contributed by atoms with Gasteiger partial charge in [-0.05, 0) is 5.56 Å². The maximum Gasteiger partial charge on any atom is 0.184 e. The molecule has 0 radical (unpaired) electrons. The fourth-order valence-corrected chi connectivity index (χ4v) is 3.88. The maximum absolute atomic E-state index is 13.2. The topological polar surface area (TPSA) is 67.8 Å². The van der Waals surface area contributed by atoms with Crippen molar-refractivity contribution in [2.24, 2.45) is 10.2 Å². The Morgan fingerprint density at radius 1 is 0.688 bits per heavy atom. The minimum atomic E-state index is -0.194. The van der Waals surface area contributed by atoms with Crippen molar-refractivity contribution in [3.8, 4) is 11.3 Å². The molecule has 0 amide bonds. The zero-order valence-electron chi connectivity index (χ0n) is 17.4. The third-order valence-electron chi connectivity index (χ3n) is 5.56. The van der Waals surface area contributed by atoms with E-state index in [1.807, 2.05) is 97.1 Å². The Hall–Kier alpha value is -4.12. The molecule has 5 heteroatoms. The Labute approximate surface area is 186 Å². The van der Waals surface area contributed by atoms with Crippen molar-refractivity contribution in [2.45, 2.75) is 18.8 Å². The summed E-state index contributed by atoms with van der Waals surface area (Å²) in [6, 6.07) is 31.2. The molecule has 0 spiro atoms. The summed E-state index contributed by atoms with van der Waals surface area (Å²) in [7, 11) is 0. The van der Waals surface area contributed by atoms with E-state index < -0.39 is 0 Å². The molecule has 32 heavy (non-hydrogen) atoms. The fraction of sp³-hybridized carbons (Fsp3) is 0.111. The van der Waals surface area contributed by atoms with E-state index in [0.29, 0.717) is 17.9 Å². The molecule has 1 aliphatic heterocycles. The van der Waals surface area contributed by atoms with Gasteiger partial charge in [-0.15, -0.1) is 5.10 Å². The quantitative estimate of drug-likeness (QED) is 0.427. The summed E-state index contributed by atoms with van der Waals surface area (Å²) in [5, 5.41) is 13.2. The molecular formula is C27H21N3O2. The van der Waals surface area contributed by atoms with Gasteiger partial charge in [0.05, 0.1) is 5.71 Å². The SMILES string of the molecule is O=C1CC(c2cc(-c3ccccc3)no2)C/C(c2ccccc2)=N\N=C/1c1ccccc1. The van der Waals surface area contributed by atoms with Gasteiger partial charge < -0.3 is 4.52 Å². The van der Waals surface area contributed by atoms with Crippen LogP contribution in [0.3, 0.4) is 0 Å². The van der Waals surface area contributed by atoms with Crippen molar-refractivity contribution >= 4 is 17.2 Å². The molecule has 2 heterocycles. The number of hydrogen-bond acceptors (Lipinski definition) is 5. The molecule has 5 nitrogen and oxygen atoms in total. The summed E-state index contributed by atoms with van der Waals surface area (Å²) in [6.07, 6.45) is 0.799. The van der Waals surface area contributed by atoms with E-state index in [1.54, 1.807) is 0 Å². The standard InChI is InChI=1S/C27H21N3O2/c31-25-17-22(26-18-24(30-32-26)20-12-6-2-7-13-20)16-23(19-10-4-1-5-11-19)28-29-27(25)21-14-8-3-9-15-21/h1-15,18,22H,16-17H2/b28-23+,29-27-. The van der Waals surface area contributed by atoms with Gasteiger partial charge in [-0.25, -0.2) is 0 Å². The number of hydrogen-bond donors (Lipinski definition) is 0. The number of rotatable bonds is 4. The highest BCUT2D eigenvalue weighted by atomic mass is 16.5. The summed E-state index contributed by atoms with van der Waals surface area (Å²) < 4.78 is 5.73. The molecule has 0 fully saturated rings.